The number of anilines is 1. The number of amides is 3. The topological polar surface area (TPSA) is 121 Å². The summed E-state index contributed by atoms with van der Waals surface area (Å²) in [6, 6.07) is 17.1. The molecule has 2 heterocycles. The summed E-state index contributed by atoms with van der Waals surface area (Å²) < 4.78 is 11.4. The number of fused-ring (bicyclic) bond motifs is 1. The second-order valence-electron chi connectivity index (χ2n) is 9.25. The number of nitrogens with zero attached hydrogens (tertiary/aromatic N) is 3. The number of urea groups is 1. The van der Waals surface area contributed by atoms with Crippen molar-refractivity contribution in [3.63, 3.8) is 0 Å². The van der Waals surface area contributed by atoms with Crippen LogP contribution in [0.25, 0.3) is 21.3 Å². The Morgan fingerprint density at radius 3 is 2.34 bits per heavy atom. The summed E-state index contributed by atoms with van der Waals surface area (Å²) in [4.78, 5) is 45.7. The normalized spacial score (nSPS) is 13.4. The first-order valence-electron chi connectivity index (χ1n) is 12.8. The van der Waals surface area contributed by atoms with Gasteiger partial charge in [-0.15, -0.1) is 0 Å². The highest BCUT2D eigenvalue weighted by molar-refractivity contribution is 7.22. The van der Waals surface area contributed by atoms with E-state index in [1.807, 2.05) is 18.2 Å². The summed E-state index contributed by atoms with van der Waals surface area (Å²) >= 11 is 1.36. The smallest absolute Gasteiger partial charge is 0.323 e. The van der Waals surface area contributed by atoms with Crippen LogP contribution in [0.1, 0.15) is 10.4 Å². The molecule has 210 valence electrons. The number of nitrogens with one attached hydrogen (secondary N) is 1. The number of carbonyl (C=O) groups is 3. The van der Waals surface area contributed by atoms with Crippen LogP contribution in [0.15, 0.2) is 72.8 Å². The highest BCUT2D eigenvalue weighted by atomic mass is 32.1. The first kappa shape index (κ1) is 27.7. The van der Waals surface area contributed by atoms with Crippen LogP contribution in [0.4, 0.5) is 9.93 Å². The summed E-state index contributed by atoms with van der Waals surface area (Å²) in [6.07, 6.45) is 2.53. The van der Waals surface area contributed by atoms with Gasteiger partial charge >= 0.3 is 6.03 Å². The van der Waals surface area contributed by atoms with Crippen LogP contribution in [-0.4, -0.2) is 78.0 Å². The molecule has 0 bridgehead atoms. The molecule has 1 fully saturated rings. The van der Waals surface area contributed by atoms with Crippen molar-refractivity contribution >= 4 is 44.4 Å². The van der Waals surface area contributed by atoms with E-state index in [2.05, 4.69) is 10.3 Å². The van der Waals surface area contributed by atoms with Gasteiger partial charge in [-0.25, -0.2) is 9.78 Å². The van der Waals surface area contributed by atoms with Gasteiger partial charge in [0.05, 0.1) is 24.4 Å². The number of piperazine rings is 1. The zero-order chi connectivity index (χ0) is 28.9. The lowest BCUT2D eigenvalue weighted by Gasteiger charge is -2.34. The van der Waals surface area contributed by atoms with Gasteiger partial charge in [0.15, 0.2) is 10.9 Å². The molecule has 5 rings (SSSR count). The number of carbonyl (C=O) groups excluding carboxylic acids is 3. The predicted molar refractivity (Wildman–Crippen MR) is 157 cm³/mol. The van der Waals surface area contributed by atoms with Gasteiger partial charge in [0, 0.05) is 49.4 Å². The number of aromatic nitrogens is 1. The van der Waals surface area contributed by atoms with Gasteiger partial charge in [-0.05, 0) is 60.2 Å². The number of allylic oxidation sites excluding steroid dienone is 1. The maximum atomic E-state index is 12.9. The second kappa shape index (κ2) is 12.1. The number of methoxy groups -OCH3 is 2. The quantitative estimate of drug-likeness (QED) is 0.241. The van der Waals surface area contributed by atoms with Crippen LogP contribution in [0.3, 0.4) is 0 Å². The number of phenolic OH excluding ortho intramolecular Hbond substituents is 1. The Bertz CT molecular complexity index is 1620. The number of phenols is 1. The zero-order valence-corrected chi connectivity index (χ0v) is 23.3. The van der Waals surface area contributed by atoms with Gasteiger partial charge in [-0.1, -0.05) is 17.4 Å². The minimum atomic E-state index is -0.290. The molecular weight excluding hydrogens is 544 g/mol. The molecule has 1 aliphatic heterocycles. The fraction of sp³-hybridized carbons (Fsp3) is 0.200. The molecule has 0 radical (unpaired) electrons. The van der Waals surface area contributed by atoms with Gasteiger partial charge in [0.1, 0.15) is 17.2 Å². The first-order chi connectivity index (χ1) is 19.8. The van der Waals surface area contributed by atoms with Crippen molar-refractivity contribution in [2.24, 2.45) is 0 Å². The largest absolute Gasteiger partial charge is 0.508 e. The molecule has 1 aliphatic rings. The molecule has 0 atom stereocenters. The maximum Gasteiger partial charge on any atom is 0.323 e. The maximum absolute atomic E-state index is 12.9. The molecule has 41 heavy (non-hydrogen) atoms. The number of hydrogen-bond donors (Lipinski definition) is 2. The molecule has 1 aromatic heterocycles. The Morgan fingerprint density at radius 1 is 0.902 bits per heavy atom. The molecule has 0 spiro atoms. The summed E-state index contributed by atoms with van der Waals surface area (Å²) in [5.74, 6) is 0.770. The molecule has 4 aromatic rings. The Hall–Kier alpha value is -4.90. The van der Waals surface area contributed by atoms with Gasteiger partial charge < -0.3 is 24.4 Å². The van der Waals surface area contributed by atoms with Crippen molar-refractivity contribution < 1.29 is 29.0 Å². The summed E-state index contributed by atoms with van der Waals surface area (Å²) in [7, 11) is 3.10. The van der Waals surface area contributed by atoms with Crippen molar-refractivity contribution in [1.29, 1.82) is 0 Å². The van der Waals surface area contributed by atoms with Crippen molar-refractivity contribution in [3.05, 3.63) is 78.4 Å². The molecule has 10 nitrogen and oxygen atoms in total. The van der Waals surface area contributed by atoms with Crippen LogP contribution in [0.2, 0.25) is 0 Å². The molecule has 0 aliphatic carbocycles. The van der Waals surface area contributed by atoms with E-state index < -0.39 is 0 Å². The third-order valence-corrected chi connectivity index (χ3v) is 7.66. The van der Waals surface area contributed by atoms with Crippen LogP contribution in [0.5, 0.6) is 17.2 Å². The van der Waals surface area contributed by atoms with E-state index in [1.165, 1.54) is 23.5 Å². The van der Waals surface area contributed by atoms with E-state index in [1.54, 1.807) is 66.5 Å². The number of hydrogen-bond acceptors (Lipinski definition) is 8. The van der Waals surface area contributed by atoms with E-state index in [-0.39, 0.29) is 23.5 Å². The number of rotatable bonds is 7. The lowest BCUT2D eigenvalue weighted by atomic mass is 10.0. The molecule has 2 N–H and O–H groups in total. The Balaban J connectivity index is 1.16. The fourth-order valence-corrected chi connectivity index (χ4v) is 5.36. The van der Waals surface area contributed by atoms with Crippen molar-refractivity contribution in [3.8, 4) is 28.4 Å². The predicted octanol–water partition coefficient (Wildman–Crippen LogP) is 4.80. The van der Waals surface area contributed by atoms with Crippen LogP contribution < -0.4 is 14.8 Å². The minimum Gasteiger partial charge on any atom is -0.508 e. The van der Waals surface area contributed by atoms with E-state index in [0.29, 0.717) is 48.4 Å². The third kappa shape index (κ3) is 6.30. The van der Waals surface area contributed by atoms with Crippen molar-refractivity contribution in [2.45, 2.75) is 0 Å². The Morgan fingerprint density at radius 2 is 1.63 bits per heavy atom. The van der Waals surface area contributed by atoms with E-state index in [0.717, 1.165) is 21.3 Å². The Kier molecular flexibility index (Phi) is 8.16. The minimum absolute atomic E-state index is 0.121. The SMILES string of the molecule is COc1ccc(C(=O)/C=C/C(=O)N2CCN(C(=O)Nc3nc4ccc(-c5ccc(O)cc5OC)cc4s3)CC2)cc1. The highest BCUT2D eigenvalue weighted by Gasteiger charge is 2.24. The van der Waals surface area contributed by atoms with Crippen LogP contribution >= 0.6 is 11.3 Å². The molecule has 0 unspecified atom stereocenters. The van der Waals surface area contributed by atoms with Crippen molar-refractivity contribution in [2.75, 3.05) is 45.7 Å². The molecule has 11 heteroatoms. The van der Waals surface area contributed by atoms with E-state index in [4.69, 9.17) is 9.47 Å². The van der Waals surface area contributed by atoms with Gasteiger partial charge in [-0.2, -0.15) is 0 Å². The fourth-order valence-electron chi connectivity index (χ4n) is 4.47. The third-order valence-electron chi connectivity index (χ3n) is 6.73. The number of benzene rings is 3. The van der Waals surface area contributed by atoms with Gasteiger partial charge in [-0.3, -0.25) is 14.9 Å². The number of thiazole rings is 1. The lowest BCUT2D eigenvalue weighted by Crippen LogP contribution is -2.51. The van der Waals surface area contributed by atoms with Gasteiger partial charge in [0.25, 0.3) is 0 Å². The molecule has 1 saturated heterocycles. The second-order valence-corrected chi connectivity index (χ2v) is 10.3. The molecule has 3 amide bonds. The van der Waals surface area contributed by atoms with Crippen molar-refractivity contribution in [1.82, 2.24) is 14.8 Å². The summed E-state index contributed by atoms with van der Waals surface area (Å²) in [6.45, 7) is 1.41. The van der Waals surface area contributed by atoms with Crippen LogP contribution in [-0.2, 0) is 4.79 Å². The molecular formula is C30H28N4O6S. The summed E-state index contributed by atoms with van der Waals surface area (Å²) in [5, 5.41) is 13.1. The van der Waals surface area contributed by atoms with E-state index in [9.17, 15) is 19.5 Å². The first-order valence-corrected chi connectivity index (χ1v) is 13.7. The highest BCUT2D eigenvalue weighted by Crippen LogP contribution is 2.36. The lowest BCUT2D eigenvalue weighted by molar-refractivity contribution is -0.127. The molecule has 0 saturated carbocycles. The number of ketones is 1. The van der Waals surface area contributed by atoms with E-state index >= 15 is 0 Å². The number of ether oxygens (including phenoxy) is 2. The summed E-state index contributed by atoms with van der Waals surface area (Å²) in [5.41, 5.74) is 2.94. The van der Waals surface area contributed by atoms with Gasteiger partial charge in [0.2, 0.25) is 5.91 Å². The van der Waals surface area contributed by atoms with Crippen LogP contribution in [0, 0.1) is 0 Å². The Labute approximate surface area is 240 Å². The monoisotopic (exact) mass is 572 g/mol. The average Bonchev–Trinajstić information content (AvgIpc) is 3.41. The average molecular weight is 573 g/mol. The standard InChI is InChI=1S/C30H28N4O6S/c1-39-22-7-3-19(4-8-22)25(36)11-12-28(37)33-13-15-34(16-14-33)30(38)32-29-31-24-10-5-20(17-27(24)41-29)23-9-6-21(35)18-26(23)40-2/h3-12,17-18,35H,13-16H2,1-2H3,(H,31,32,38)/b12-11+. The zero-order valence-electron chi connectivity index (χ0n) is 22.5. The number of aromatic hydroxyl groups is 1. The molecule has 3 aromatic carbocycles.